The van der Waals surface area contributed by atoms with E-state index in [2.05, 4.69) is 22.8 Å². The van der Waals surface area contributed by atoms with E-state index in [1.807, 2.05) is 6.92 Å². The third-order valence-corrected chi connectivity index (χ3v) is 4.91. The fourth-order valence-electron chi connectivity index (χ4n) is 3.70. The highest BCUT2D eigenvalue weighted by molar-refractivity contribution is 7.80. The van der Waals surface area contributed by atoms with Crippen LogP contribution in [0.1, 0.15) is 36.1 Å². The van der Waals surface area contributed by atoms with Crippen molar-refractivity contribution in [1.82, 2.24) is 9.88 Å². The highest BCUT2D eigenvalue weighted by Crippen LogP contribution is 2.28. The molecule has 2 saturated heterocycles. The van der Waals surface area contributed by atoms with E-state index < -0.39 is 0 Å². The molecule has 1 atom stereocenters. The lowest BCUT2D eigenvalue weighted by atomic mass is 9.99. The van der Waals surface area contributed by atoms with Crippen LogP contribution in [0.2, 0.25) is 0 Å². The van der Waals surface area contributed by atoms with Gasteiger partial charge in [0.15, 0.2) is 0 Å². The Balaban J connectivity index is 1.91. The zero-order valence-electron chi connectivity index (χ0n) is 12.9. The van der Waals surface area contributed by atoms with E-state index in [1.165, 1.54) is 25.8 Å². The molecule has 114 valence electrons. The molecule has 0 spiro atoms. The average molecular weight is 304 g/mol. The van der Waals surface area contributed by atoms with Crippen LogP contribution in [0.25, 0.3) is 0 Å². The maximum Gasteiger partial charge on any atom is 0.139 e. The Bertz CT molecular complexity index is 557. The van der Waals surface area contributed by atoms with Gasteiger partial charge in [-0.15, -0.1) is 0 Å². The van der Waals surface area contributed by atoms with Crippen LogP contribution >= 0.6 is 12.2 Å². The van der Waals surface area contributed by atoms with Gasteiger partial charge in [-0.2, -0.15) is 0 Å². The normalized spacial score (nSPS) is 23.0. The molecule has 2 aliphatic rings. The summed E-state index contributed by atoms with van der Waals surface area (Å²) in [6.07, 6.45) is 3.98. The predicted octanol–water partition coefficient (Wildman–Crippen LogP) is 2.01. The molecule has 4 nitrogen and oxygen atoms in total. The van der Waals surface area contributed by atoms with E-state index in [0.717, 1.165) is 42.3 Å². The Kier molecular flexibility index (Phi) is 4.13. The number of nitrogens with two attached hydrogens (primary N) is 1. The van der Waals surface area contributed by atoms with Crippen LogP contribution < -0.4 is 10.6 Å². The molecular formula is C16H24N4S. The molecule has 21 heavy (non-hydrogen) atoms. The number of pyridine rings is 1. The van der Waals surface area contributed by atoms with Crippen LogP contribution in [0.15, 0.2) is 6.07 Å². The number of fused-ring (bicyclic) bond motifs is 1. The smallest absolute Gasteiger partial charge is 0.139 e. The molecule has 3 rings (SSSR count). The third-order valence-electron chi connectivity index (χ3n) is 4.71. The number of piperazine rings is 1. The monoisotopic (exact) mass is 304 g/mol. The first kappa shape index (κ1) is 14.7. The van der Waals surface area contributed by atoms with E-state index in [-0.39, 0.29) is 0 Å². The zero-order chi connectivity index (χ0) is 15.0. The van der Waals surface area contributed by atoms with Crippen molar-refractivity contribution >= 4 is 23.0 Å². The second-order valence-corrected chi connectivity index (χ2v) is 6.71. The number of aromatic nitrogens is 1. The van der Waals surface area contributed by atoms with Gasteiger partial charge in [0.1, 0.15) is 10.8 Å². The van der Waals surface area contributed by atoms with Gasteiger partial charge in [-0.1, -0.05) is 18.6 Å². The minimum atomic E-state index is 0.459. The number of thiocarbonyl (C=S) groups is 1. The lowest BCUT2D eigenvalue weighted by molar-refractivity contribution is 0.133. The number of piperidine rings is 1. The van der Waals surface area contributed by atoms with Gasteiger partial charge in [-0.05, 0) is 44.9 Å². The van der Waals surface area contributed by atoms with E-state index in [9.17, 15) is 0 Å². The van der Waals surface area contributed by atoms with Crippen LogP contribution in [0, 0.1) is 13.8 Å². The Morgan fingerprint density at radius 3 is 2.86 bits per heavy atom. The summed E-state index contributed by atoms with van der Waals surface area (Å²) in [6, 6.07) is 2.73. The van der Waals surface area contributed by atoms with Gasteiger partial charge in [0.25, 0.3) is 0 Å². The van der Waals surface area contributed by atoms with Crippen molar-refractivity contribution in [3.05, 3.63) is 22.9 Å². The van der Waals surface area contributed by atoms with Crippen molar-refractivity contribution in [2.24, 2.45) is 5.73 Å². The topological polar surface area (TPSA) is 45.4 Å². The summed E-state index contributed by atoms with van der Waals surface area (Å²) >= 11 is 5.27. The Hall–Kier alpha value is -1.20. The molecule has 0 saturated carbocycles. The first-order valence-corrected chi connectivity index (χ1v) is 8.24. The van der Waals surface area contributed by atoms with Gasteiger partial charge in [-0.25, -0.2) is 4.98 Å². The van der Waals surface area contributed by atoms with Gasteiger partial charge < -0.3 is 10.6 Å². The average Bonchev–Trinajstić information content (AvgIpc) is 2.45. The molecule has 1 aromatic rings. The van der Waals surface area contributed by atoms with Crippen molar-refractivity contribution < 1.29 is 0 Å². The molecule has 0 amide bonds. The van der Waals surface area contributed by atoms with Gasteiger partial charge in [0, 0.05) is 31.4 Å². The lowest BCUT2D eigenvalue weighted by Gasteiger charge is -2.45. The summed E-state index contributed by atoms with van der Waals surface area (Å²) in [7, 11) is 0. The van der Waals surface area contributed by atoms with Crippen LogP contribution in [0.4, 0.5) is 5.82 Å². The minimum absolute atomic E-state index is 0.459. The number of hydrogen-bond donors (Lipinski definition) is 1. The number of hydrogen-bond acceptors (Lipinski definition) is 4. The standard InChI is InChI=1S/C16H24N4S/c1-11-9-12(2)18-16(14(11)15(17)21)20-8-7-19-6-4-3-5-13(19)10-20/h9,13H,3-8,10H2,1-2H3,(H2,17,21). The molecule has 0 aromatic carbocycles. The lowest BCUT2D eigenvalue weighted by Crippen LogP contribution is -2.55. The first-order valence-electron chi connectivity index (χ1n) is 7.83. The highest BCUT2D eigenvalue weighted by Gasteiger charge is 2.30. The molecule has 2 fully saturated rings. The SMILES string of the molecule is Cc1cc(C)c(C(N)=S)c(N2CCN3CCCCC3C2)n1. The highest BCUT2D eigenvalue weighted by atomic mass is 32.1. The number of rotatable bonds is 2. The molecule has 0 bridgehead atoms. The van der Waals surface area contributed by atoms with Crippen molar-refractivity contribution in [3.63, 3.8) is 0 Å². The molecular weight excluding hydrogens is 280 g/mol. The van der Waals surface area contributed by atoms with Gasteiger partial charge in [0.2, 0.25) is 0 Å². The summed E-state index contributed by atoms with van der Waals surface area (Å²) in [6.45, 7) is 8.55. The quantitative estimate of drug-likeness (QED) is 0.847. The van der Waals surface area contributed by atoms with Crippen LogP contribution in [-0.2, 0) is 0 Å². The van der Waals surface area contributed by atoms with Gasteiger partial charge >= 0.3 is 0 Å². The van der Waals surface area contributed by atoms with E-state index in [0.29, 0.717) is 11.0 Å². The summed E-state index contributed by atoms with van der Waals surface area (Å²) < 4.78 is 0. The van der Waals surface area contributed by atoms with E-state index >= 15 is 0 Å². The van der Waals surface area contributed by atoms with Gasteiger partial charge in [-0.3, -0.25) is 4.90 Å². The van der Waals surface area contributed by atoms with Crippen LogP contribution in [0.5, 0.6) is 0 Å². The van der Waals surface area contributed by atoms with Crippen LogP contribution in [-0.4, -0.2) is 47.1 Å². The molecule has 2 N–H and O–H groups in total. The van der Waals surface area contributed by atoms with E-state index in [1.54, 1.807) is 0 Å². The second kappa shape index (κ2) is 5.89. The maximum absolute atomic E-state index is 5.96. The summed E-state index contributed by atoms with van der Waals surface area (Å²) in [4.78, 5) is 10.2. The van der Waals surface area contributed by atoms with Crippen molar-refractivity contribution in [1.29, 1.82) is 0 Å². The number of anilines is 1. The molecule has 1 aromatic heterocycles. The van der Waals surface area contributed by atoms with Crippen molar-refractivity contribution in [2.75, 3.05) is 31.1 Å². The number of aryl methyl sites for hydroxylation is 2. The molecule has 3 heterocycles. The Morgan fingerprint density at radius 1 is 1.29 bits per heavy atom. The number of nitrogens with zero attached hydrogens (tertiary/aromatic N) is 3. The van der Waals surface area contributed by atoms with Gasteiger partial charge in [0.05, 0.1) is 5.56 Å². The maximum atomic E-state index is 5.96. The molecule has 0 aliphatic carbocycles. The molecule has 5 heteroatoms. The summed E-state index contributed by atoms with van der Waals surface area (Å²) in [5, 5.41) is 0. The molecule has 1 unspecified atom stereocenters. The zero-order valence-corrected chi connectivity index (χ0v) is 13.7. The summed E-state index contributed by atoms with van der Waals surface area (Å²) in [5.41, 5.74) is 9.09. The fraction of sp³-hybridized carbons (Fsp3) is 0.625. The summed E-state index contributed by atoms with van der Waals surface area (Å²) in [5.74, 6) is 0.991. The Labute approximate surface area is 132 Å². The second-order valence-electron chi connectivity index (χ2n) is 6.27. The van der Waals surface area contributed by atoms with E-state index in [4.69, 9.17) is 22.9 Å². The Morgan fingerprint density at radius 2 is 2.10 bits per heavy atom. The largest absolute Gasteiger partial charge is 0.389 e. The minimum Gasteiger partial charge on any atom is -0.389 e. The van der Waals surface area contributed by atoms with Crippen molar-refractivity contribution in [3.8, 4) is 0 Å². The predicted molar refractivity (Wildman–Crippen MR) is 91.0 cm³/mol. The third kappa shape index (κ3) is 2.90. The van der Waals surface area contributed by atoms with Crippen LogP contribution in [0.3, 0.4) is 0 Å². The molecule has 2 aliphatic heterocycles. The molecule has 0 radical (unpaired) electrons. The fourth-order valence-corrected chi connectivity index (χ4v) is 3.95. The first-order chi connectivity index (χ1) is 10.1. The van der Waals surface area contributed by atoms with Crippen molar-refractivity contribution in [2.45, 2.75) is 39.2 Å².